The van der Waals surface area contributed by atoms with Gasteiger partial charge in [-0.15, -0.1) is 0 Å². The quantitative estimate of drug-likeness (QED) is 0.933. The van der Waals surface area contributed by atoms with E-state index in [9.17, 15) is 0 Å². The van der Waals surface area contributed by atoms with Crippen LogP contribution in [0.1, 0.15) is 18.1 Å². The Morgan fingerprint density at radius 2 is 2.05 bits per heavy atom. The molecule has 0 saturated heterocycles. The molecule has 1 unspecified atom stereocenters. The Kier molecular flexibility index (Phi) is 4.08. The van der Waals surface area contributed by atoms with Gasteiger partial charge in [0.1, 0.15) is 5.75 Å². The third kappa shape index (κ3) is 3.06. The van der Waals surface area contributed by atoms with Crippen molar-refractivity contribution in [2.24, 2.45) is 5.73 Å². The van der Waals surface area contributed by atoms with E-state index in [0.717, 1.165) is 16.9 Å². The Morgan fingerprint density at radius 3 is 2.74 bits per heavy atom. The molecule has 1 aromatic carbocycles. The lowest BCUT2D eigenvalue weighted by molar-refractivity contribution is 0.386. The van der Waals surface area contributed by atoms with Crippen LogP contribution in [-0.4, -0.2) is 12.1 Å². The Hall–Kier alpha value is -1.58. The van der Waals surface area contributed by atoms with Gasteiger partial charge in [-0.1, -0.05) is 29.8 Å². The van der Waals surface area contributed by atoms with Crippen LogP contribution in [0.25, 0.3) is 0 Å². The van der Waals surface area contributed by atoms with E-state index in [-0.39, 0.29) is 0 Å². The van der Waals surface area contributed by atoms with Crippen LogP contribution in [0, 0.1) is 0 Å². The fraction of sp³-hybridized carbons (Fsp3) is 0.267. The number of aromatic nitrogens is 1. The molecule has 1 heterocycles. The van der Waals surface area contributed by atoms with E-state index in [4.69, 9.17) is 22.1 Å². The molecule has 2 rings (SSSR count). The minimum atomic E-state index is -0.558. The molecule has 0 amide bonds. The average Bonchev–Trinajstić information content (AvgIpc) is 2.41. The zero-order valence-electron chi connectivity index (χ0n) is 11.1. The summed E-state index contributed by atoms with van der Waals surface area (Å²) in [4.78, 5) is 3.98. The highest BCUT2D eigenvalue weighted by Gasteiger charge is 2.26. The van der Waals surface area contributed by atoms with Crippen molar-refractivity contribution in [3.63, 3.8) is 0 Å². The highest BCUT2D eigenvalue weighted by molar-refractivity contribution is 6.31. The SMILES string of the molecule is COc1ccccc1C(C)(N)Cc1ccncc1Cl. The Labute approximate surface area is 118 Å². The first-order chi connectivity index (χ1) is 9.04. The van der Waals surface area contributed by atoms with Crippen molar-refractivity contribution in [3.8, 4) is 5.75 Å². The molecule has 0 aliphatic carbocycles. The molecule has 1 aromatic heterocycles. The van der Waals surface area contributed by atoms with Crippen LogP contribution in [0.4, 0.5) is 0 Å². The predicted octanol–water partition coefficient (Wildman–Crippen LogP) is 3.16. The molecule has 3 nitrogen and oxygen atoms in total. The maximum Gasteiger partial charge on any atom is 0.123 e. The maximum atomic E-state index is 6.46. The van der Waals surface area contributed by atoms with Crippen LogP contribution < -0.4 is 10.5 Å². The number of nitrogens with zero attached hydrogens (tertiary/aromatic N) is 1. The van der Waals surface area contributed by atoms with Gasteiger partial charge in [0, 0.05) is 23.5 Å². The first-order valence-corrected chi connectivity index (χ1v) is 6.43. The van der Waals surface area contributed by atoms with Gasteiger partial charge in [-0.2, -0.15) is 0 Å². The summed E-state index contributed by atoms with van der Waals surface area (Å²) in [6, 6.07) is 9.67. The summed E-state index contributed by atoms with van der Waals surface area (Å²) in [5.74, 6) is 0.790. The third-order valence-corrected chi connectivity index (χ3v) is 3.48. The largest absolute Gasteiger partial charge is 0.496 e. The van der Waals surface area contributed by atoms with Gasteiger partial charge in [0.2, 0.25) is 0 Å². The second-order valence-electron chi connectivity index (χ2n) is 4.76. The lowest BCUT2D eigenvalue weighted by Gasteiger charge is -2.27. The van der Waals surface area contributed by atoms with Crippen LogP contribution >= 0.6 is 11.6 Å². The third-order valence-electron chi connectivity index (χ3n) is 3.14. The summed E-state index contributed by atoms with van der Waals surface area (Å²) in [5, 5.41) is 0.633. The molecule has 0 aliphatic rings. The molecule has 2 aromatic rings. The molecule has 0 saturated carbocycles. The zero-order valence-corrected chi connectivity index (χ0v) is 11.8. The first-order valence-electron chi connectivity index (χ1n) is 6.05. The number of pyridine rings is 1. The normalized spacial score (nSPS) is 13.9. The van der Waals surface area contributed by atoms with E-state index in [0.29, 0.717) is 11.4 Å². The molecule has 0 fully saturated rings. The highest BCUT2D eigenvalue weighted by atomic mass is 35.5. The Balaban J connectivity index is 2.35. The van der Waals surface area contributed by atoms with Crippen molar-refractivity contribution < 1.29 is 4.74 Å². The summed E-state index contributed by atoms with van der Waals surface area (Å²) in [5.41, 5.74) is 7.84. The molecule has 4 heteroatoms. The van der Waals surface area contributed by atoms with Crippen LogP contribution in [0.15, 0.2) is 42.7 Å². The average molecular weight is 277 g/mol. The van der Waals surface area contributed by atoms with Gasteiger partial charge in [-0.25, -0.2) is 0 Å². The standard InChI is InChI=1S/C15H17ClN2O/c1-15(17,9-11-7-8-18-10-13(11)16)12-5-3-4-6-14(12)19-2/h3-8,10H,9,17H2,1-2H3. The van der Waals surface area contributed by atoms with Crippen molar-refractivity contribution in [2.75, 3.05) is 7.11 Å². The maximum absolute atomic E-state index is 6.46. The summed E-state index contributed by atoms with van der Waals surface area (Å²) in [6.07, 6.45) is 3.98. The van der Waals surface area contributed by atoms with E-state index in [1.54, 1.807) is 19.5 Å². The van der Waals surface area contributed by atoms with Crippen molar-refractivity contribution in [1.82, 2.24) is 4.98 Å². The molecule has 0 radical (unpaired) electrons. The predicted molar refractivity (Wildman–Crippen MR) is 77.5 cm³/mol. The van der Waals surface area contributed by atoms with Crippen molar-refractivity contribution >= 4 is 11.6 Å². The molecule has 0 bridgehead atoms. The monoisotopic (exact) mass is 276 g/mol. The lowest BCUT2D eigenvalue weighted by Crippen LogP contribution is -2.36. The molecule has 2 N–H and O–H groups in total. The van der Waals surface area contributed by atoms with E-state index < -0.39 is 5.54 Å². The van der Waals surface area contributed by atoms with E-state index in [1.807, 2.05) is 37.3 Å². The van der Waals surface area contributed by atoms with E-state index >= 15 is 0 Å². The van der Waals surface area contributed by atoms with Gasteiger partial charge >= 0.3 is 0 Å². The minimum absolute atomic E-state index is 0.558. The topological polar surface area (TPSA) is 48.1 Å². The fourth-order valence-corrected chi connectivity index (χ4v) is 2.34. The van der Waals surface area contributed by atoms with Crippen LogP contribution in [0.3, 0.4) is 0 Å². The van der Waals surface area contributed by atoms with Gasteiger partial charge in [0.25, 0.3) is 0 Å². The number of ether oxygens (including phenoxy) is 1. The van der Waals surface area contributed by atoms with Crippen molar-refractivity contribution in [1.29, 1.82) is 0 Å². The molecular formula is C15H17ClN2O. The molecular weight excluding hydrogens is 260 g/mol. The minimum Gasteiger partial charge on any atom is -0.496 e. The number of rotatable bonds is 4. The first kappa shape index (κ1) is 13.8. The Bertz CT molecular complexity index is 570. The number of nitrogens with two attached hydrogens (primary N) is 1. The molecule has 19 heavy (non-hydrogen) atoms. The van der Waals surface area contributed by atoms with Gasteiger partial charge < -0.3 is 10.5 Å². The van der Waals surface area contributed by atoms with E-state index in [2.05, 4.69) is 4.98 Å². The molecule has 0 spiro atoms. The second-order valence-corrected chi connectivity index (χ2v) is 5.17. The van der Waals surface area contributed by atoms with Crippen molar-refractivity contribution in [2.45, 2.75) is 18.9 Å². The van der Waals surface area contributed by atoms with Gasteiger partial charge in [0.15, 0.2) is 0 Å². The number of methoxy groups -OCH3 is 1. The highest BCUT2D eigenvalue weighted by Crippen LogP contribution is 2.31. The van der Waals surface area contributed by atoms with E-state index in [1.165, 1.54) is 0 Å². The molecule has 0 aliphatic heterocycles. The molecule has 1 atom stereocenters. The van der Waals surface area contributed by atoms with Gasteiger partial charge in [-0.05, 0) is 31.0 Å². The molecule has 100 valence electrons. The Morgan fingerprint density at radius 1 is 1.32 bits per heavy atom. The smallest absolute Gasteiger partial charge is 0.123 e. The number of hydrogen-bond donors (Lipinski definition) is 1. The zero-order chi connectivity index (χ0) is 13.9. The summed E-state index contributed by atoms with van der Waals surface area (Å²) < 4.78 is 5.37. The van der Waals surface area contributed by atoms with Gasteiger partial charge in [0.05, 0.1) is 12.1 Å². The van der Waals surface area contributed by atoms with Crippen molar-refractivity contribution in [3.05, 3.63) is 58.9 Å². The van der Waals surface area contributed by atoms with Crippen LogP contribution in [0.2, 0.25) is 5.02 Å². The van der Waals surface area contributed by atoms with Crippen LogP contribution in [-0.2, 0) is 12.0 Å². The summed E-state index contributed by atoms with van der Waals surface area (Å²) in [6.45, 7) is 1.97. The second kappa shape index (κ2) is 5.59. The number of halogens is 1. The van der Waals surface area contributed by atoms with Crippen LogP contribution in [0.5, 0.6) is 5.75 Å². The summed E-state index contributed by atoms with van der Waals surface area (Å²) >= 11 is 6.14. The van der Waals surface area contributed by atoms with Gasteiger partial charge in [-0.3, -0.25) is 4.98 Å². The number of hydrogen-bond acceptors (Lipinski definition) is 3. The number of benzene rings is 1. The lowest BCUT2D eigenvalue weighted by atomic mass is 9.86. The number of para-hydroxylation sites is 1. The summed E-state index contributed by atoms with van der Waals surface area (Å²) in [7, 11) is 1.65. The fourth-order valence-electron chi connectivity index (χ4n) is 2.15.